The molecule has 1 saturated carbocycles. The van der Waals surface area contributed by atoms with E-state index in [4.69, 9.17) is 21.1 Å². The Bertz CT molecular complexity index is 1310. The Morgan fingerprint density at radius 1 is 1.03 bits per heavy atom. The Hall–Kier alpha value is -2.59. The van der Waals surface area contributed by atoms with Gasteiger partial charge in [0.2, 0.25) is 21.7 Å². The van der Waals surface area contributed by atoms with Gasteiger partial charge in [-0.15, -0.1) is 11.3 Å². The summed E-state index contributed by atoms with van der Waals surface area (Å²) >= 11 is 7.52. The zero-order valence-electron chi connectivity index (χ0n) is 16.2. The molecule has 0 atom stereocenters. The van der Waals surface area contributed by atoms with Crippen molar-refractivity contribution in [2.45, 2.75) is 30.2 Å². The summed E-state index contributed by atoms with van der Waals surface area (Å²) in [5.74, 6) is 1.21. The minimum Gasteiger partial charge on any atom is -0.338 e. The molecular weight excluding hydrogens is 456 g/mol. The van der Waals surface area contributed by atoms with Crippen LogP contribution in [0, 0.1) is 0 Å². The number of benzene rings is 2. The smallest absolute Gasteiger partial charge is 0.242 e. The van der Waals surface area contributed by atoms with Crippen molar-refractivity contribution < 1.29 is 12.9 Å². The summed E-state index contributed by atoms with van der Waals surface area (Å²) in [4.78, 5) is 9.12. The van der Waals surface area contributed by atoms with E-state index in [9.17, 15) is 8.42 Å². The lowest BCUT2D eigenvalue weighted by Gasteiger charge is -2.04. The largest absolute Gasteiger partial charge is 0.338 e. The number of aromatic nitrogens is 3. The van der Waals surface area contributed by atoms with Crippen molar-refractivity contribution in [1.29, 1.82) is 0 Å². The number of nitrogens with zero attached hydrogens (tertiary/aromatic N) is 3. The molecular formula is C21H17ClN4O3S2. The van der Waals surface area contributed by atoms with E-state index in [0.29, 0.717) is 16.8 Å². The van der Waals surface area contributed by atoms with Crippen LogP contribution < -0.4 is 4.72 Å². The molecule has 0 aliphatic heterocycles. The summed E-state index contributed by atoms with van der Waals surface area (Å²) in [5.41, 5.74) is 2.78. The van der Waals surface area contributed by atoms with Gasteiger partial charge in [0, 0.05) is 27.4 Å². The van der Waals surface area contributed by atoms with E-state index >= 15 is 0 Å². The number of halogens is 1. The molecule has 0 amide bonds. The van der Waals surface area contributed by atoms with E-state index in [1.165, 1.54) is 42.1 Å². The average Bonchev–Trinajstić information content (AvgIpc) is 3.31. The number of hydrogen-bond donors (Lipinski definition) is 1. The summed E-state index contributed by atoms with van der Waals surface area (Å²) in [6, 6.07) is 13.6. The van der Waals surface area contributed by atoms with Crippen molar-refractivity contribution >= 4 is 33.0 Å². The van der Waals surface area contributed by atoms with Crippen molar-refractivity contribution in [3.8, 4) is 22.6 Å². The molecule has 158 valence electrons. The zero-order chi connectivity index (χ0) is 21.4. The van der Waals surface area contributed by atoms with Gasteiger partial charge in [0.05, 0.1) is 22.1 Å². The molecule has 2 aromatic heterocycles. The average molecular weight is 473 g/mol. The van der Waals surface area contributed by atoms with Crippen LogP contribution in [0.15, 0.2) is 63.3 Å². The van der Waals surface area contributed by atoms with E-state index in [2.05, 4.69) is 20.2 Å². The first-order valence-electron chi connectivity index (χ1n) is 9.62. The molecule has 1 N–H and O–H groups in total. The first kappa shape index (κ1) is 20.3. The van der Waals surface area contributed by atoms with Crippen LogP contribution in [0.25, 0.3) is 22.6 Å². The summed E-state index contributed by atoms with van der Waals surface area (Å²) < 4.78 is 32.4. The molecule has 5 rings (SSSR count). The Morgan fingerprint density at radius 2 is 1.74 bits per heavy atom. The second-order valence-corrected chi connectivity index (χ2v) is 10.3. The SMILES string of the molecule is O=S(=O)(NCc1nc(-c2ccc(-c3csc(C4CC4)n3)cc2)no1)c1ccc(Cl)cc1. The molecule has 0 unspecified atom stereocenters. The lowest BCUT2D eigenvalue weighted by atomic mass is 10.1. The highest BCUT2D eigenvalue weighted by atomic mass is 35.5. The molecule has 1 aliphatic carbocycles. The molecule has 0 spiro atoms. The standard InChI is InChI=1S/C21H17ClN4O3S2/c22-16-7-9-17(10-8-16)31(27,28)23-11-19-25-20(26-29-19)14-3-1-13(2-4-14)18-12-30-21(24-18)15-5-6-15/h1-4,7-10,12,15,23H,5-6,11H2. The van der Waals surface area contributed by atoms with Crippen LogP contribution in [0.3, 0.4) is 0 Å². The predicted octanol–water partition coefficient (Wildman–Crippen LogP) is 4.87. The quantitative estimate of drug-likeness (QED) is 0.412. The number of rotatable bonds is 7. The fourth-order valence-corrected chi connectivity index (χ4v) is 5.13. The Labute approximate surface area is 188 Å². The van der Waals surface area contributed by atoms with Gasteiger partial charge in [-0.3, -0.25) is 0 Å². The third-order valence-corrected chi connectivity index (χ3v) is 7.57. The molecule has 2 heterocycles. The van der Waals surface area contributed by atoms with E-state index in [1.54, 1.807) is 11.3 Å². The van der Waals surface area contributed by atoms with E-state index in [0.717, 1.165) is 16.8 Å². The molecule has 31 heavy (non-hydrogen) atoms. The molecule has 7 nitrogen and oxygen atoms in total. The molecule has 1 aliphatic rings. The third-order valence-electron chi connectivity index (χ3n) is 4.89. The van der Waals surface area contributed by atoms with E-state index < -0.39 is 10.0 Å². The fraction of sp³-hybridized carbons (Fsp3) is 0.190. The molecule has 1 fully saturated rings. The number of thiazole rings is 1. The highest BCUT2D eigenvalue weighted by molar-refractivity contribution is 7.89. The summed E-state index contributed by atoms with van der Waals surface area (Å²) in [7, 11) is -3.71. The highest BCUT2D eigenvalue weighted by Crippen LogP contribution is 2.42. The van der Waals surface area contributed by atoms with Crippen molar-refractivity contribution in [1.82, 2.24) is 19.8 Å². The Kier molecular flexibility index (Phi) is 5.35. The van der Waals surface area contributed by atoms with Crippen molar-refractivity contribution in [3.63, 3.8) is 0 Å². The van der Waals surface area contributed by atoms with Gasteiger partial charge in [-0.1, -0.05) is 41.0 Å². The van der Waals surface area contributed by atoms with E-state index in [1.807, 2.05) is 24.3 Å². The van der Waals surface area contributed by atoms with Crippen LogP contribution in [0.2, 0.25) is 5.02 Å². The van der Waals surface area contributed by atoms with Gasteiger partial charge < -0.3 is 4.52 Å². The van der Waals surface area contributed by atoms with E-state index in [-0.39, 0.29) is 17.3 Å². The third kappa shape index (κ3) is 4.54. The van der Waals surface area contributed by atoms with Gasteiger partial charge >= 0.3 is 0 Å². The minimum atomic E-state index is -3.71. The maximum Gasteiger partial charge on any atom is 0.242 e. The maximum absolute atomic E-state index is 12.4. The molecule has 0 saturated heterocycles. The van der Waals surface area contributed by atoms with Crippen LogP contribution in [-0.4, -0.2) is 23.5 Å². The first-order valence-corrected chi connectivity index (χ1v) is 12.4. The van der Waals surface area contributed by atoms with Gasteiger partial charge in [-0.2, -0.15) is 4.98 Å². The fourth-order valence-electron chi connectivity index (χ4n) is 3.03. The monoisotopic (exact) mass is 472 g/mol. The first-order chi connectivity index (χ1) is 15.0. The van der Waals surface area contributed by atoms with Crippen LogP contribution in [-0.2, 0) is 16.6 Å². The van der Waals surface area contributed by atoms with Gasteiger partial charge in [-0.05, 0) is 37.1 Å². The molecule has 4 aromatic rings. The summed E-state index contributed by atoms with van der Waals surface area (Å²) in [6.07, 6.45) is 2.48. The normalized spacial score (nSPS) is 14.1. The number of hydrogen-bond acceptors (Lipinski definition) is 7. The molecule has 0 bridgehead atoms. The lowest BCUT2D eigenvalue weighted by Crippen LogP contribution is -2.23. The van der Waals surface area contributed by atoms with Crippen LogP contribution >= 0.6 is 22.9 Å². The van der Waals surface area contributed by atoms with Crippen LogP contribution in [0.5, 0.6) is 0 Å². The minimum absolute atomic E-state index is 0.110. The number of nitrogens with one attached hydrogen (secondary N) is 1. The van der Waals surface area contributed by atoms with Gasteiger partial charge in [0.25, 0.3) is 0 Å². The Morgan fingerprint density at radius 3 is 2.45 bits per heavy atom. The molecule has 0 radical (unpaired) electrons. The zero-order valence-corrected chi connectivity index (χ0v) is 18.5. The summed E-state index contributed by atoms with van der Waals surface area (Å²) in [5, 5.41) is 7.72. The highest BCUT2D eigenvalue weighted by Gasteiger charge is 2.26. The van der Waals surface area contributed by atoms with Crippen LogP contribution in [0.4, 0.5) is 0 Å². The van der Waals surface area contributed by atoms with Crippen molar-refractivity contribution in [3.05, 3.63) is 69.8 Å². The molecule has 10 heteroatoms. The maximum atomic E-state index is 12.4. The second kappa shape index (κ2) is 8.16. The lowest BCUT2D eigenvalue weighted by molar-refractivity contribution is 0.376. The van der Waals surface area contributed by atoms with Gasteiger partial charge in [0.15, 0.2) is 0 Å². The van der Waals surface area contributed by atoms with Gasteiger partial charge in [-0.25, -0.2) is 18.1 Å². The molecule has 2 aromatic carbocycles. The summed E-state index contributed by atoms with van der Waals surface area (Å²) in [6.45, 7) is -0.112. The van der Waals surface area contributed by atoms with Crippen molar-refractivity contribution in [2.75, 3.05) is 0 Å². The van der Waals surface area contributed by atoms with Crippen LogP contribution in [0.1, 0.15) is 29.7 Å². The second-order valence-electron chi connectivity index (χ2n) is 7.21. The van der Waals surface area contributed by atoms with Gasteiger partial charge in [0.1, 0.15) is 0 Å². The van der Waals surface area contributed by atoms with Crippen molar-refractivity contribution in [2.24, 2.45) is 0 Å². The topological polar surface area (TPSA) is 98.0 Å². The number of sulfonamides is 1. The Balaban J connectivity index is 1.26. The predicted molar refractivity (Wildman–Crippen MR) is 118 cm³/mol.